The Kier molecular flexibility index (Phi) is 5.46. The van der Waals surface area contributed by atoms with Gasteiger partial charge in [0.15, 0.2) is 0 Å². The van der Waals surface area contributed by atoms with Crippen molar-refractivity contribution in [3.63, 3.8) is 0 Å². The monoisotopic (exact) mass is 403 g/mol. The molecule has 3 aromatic rings. The van der Waals surface area contributed by atoms with Crippen LogP contribution < -0.4 is 0 Å². The van der Waals surface area contributed by atoms with Crippen molar-refractivity contribution < 1.29 is 9.32 Å². The highest BCUT2D eigenvalue weighted by molar-refractivity contribution is 5.79. The molecule has 1 saturated heterocycles. The van der Waals surface area contributed by atoms with Gasteiger partial charge in [0.1, 0.15) is 0 Å². The van der Waals surface area contributed by atoms with E-state index in [1.54, 1.807) is 0 Å². The molecule has 0 spiro atoms. The van der Waals surface area contributed by atoms with Crippen LogP contribution in [0.25, 0.3) is 11.4 Å². The van der Waals surface area contributed by atoms with Crippen molar-refractivity contribution in [2.45, 2.75) is 51.4 Å². The van der Waals surface area contributed by atoms with E-state index >= 15 is 0 Å². The standard InChI is InChI=1S/C25H29N3O2/c1-17(18-8-6-5-7-9-18)15-28-16-20(14-22(28)29)24-26-23(27-30-24)19-10-12-21(13-11-19)25(2,3)4/h5-13,17,20H,14-16H2,1-4H3. The molecule has 0 aliphatic carbocycles. The molecular formula is C25H29N3O2. The van der Waals surface area contributed by atoms with Crippen LogP contribution in [0.5, 0.6) is 0 Å². The largest absolute Gasteiger partial charge is 0.341 e. The number of nitrogens with zero attached hydrogens (tertiary/aromatic N) is 3. The van der Waals surface area contributed by atoms with Crippen LogP contribution in [0.1, 0.15) is 63.0 Å². The Morgan fingerprint density at radius 3 is 2.47 bits per heavy atom. The summed E-state index contributed by atoms with van der Waals surface area (Å²) in [6, 6.07) is 18.6. The van der Waals surface area contributed by atoms with Gasteiger partial charge in [-0.25, -0.2) is 0 Å². The summed E-state index contributed by atoms with van der Waals surface area (Å²) < 4.78 is 5.55. The van der Waals surface area contributed by atoms with Crippen LogP contribution in [0.15, 0.2) is 59.1 Å². The van der Waals surface area contributed by atoms with Crippen LogP contribution in [0, 0.1) is 0 Å². The van der Waals surface area contributed by atoms with E-state index in [9.17, 15) is 4.79 Å². The minimum absolute atomic E-state index is 0.0458. The first-order valence-electron chi connectivity index (χ1n) is 10.6. The van der Waals surface area contributed by atoms with E-state index in [0.29, 0.717) is 31.2 Å². The van der Waals surface area contributed by atoms with Gasteiger partial charge in [-0.2, -0.15) is 4.98 Å². The lowest BCUT2D eigenvalue weighted by Gasteiger charge is -2.21. The van der Waals surface area contributed by atoms with E-state index in [2.05, 4.69) is 62.1 Å². The topological polar surface area (TPSA) is 59.2 Å². The zero-order valence-electron chi connectivity index (χ0n) is 18.1. The lowest BCUT2D eigenvalue weighted by atomic mass is 9.87. The van der Waals surface area contributed by atoms with E-state index in [1.165, 1.54) is 11.1 Å². The van der Waals surface area contributed by atoms with E-state index < -0.39 is 0 Å². The number of rotatable bonds is 5. The predicted octanol–water partition coefficient (Wildman–Crippen LogP) is 5.15. The Labute approximate surface area is 178 Å². The van der Waals surface area contributed by atoms with Gasteiger partial charge in [-0.15, -0.1) is 0 Å². The zero-order valence-corrected chi connectivity index (χ0v) is 18.1. The fourth-order valence-corrected chi connectivity index (χ4v) is 3.97. The third-order valence-corrected chi connectivity index (χ3v) is 5.88. The molecular weight excluding hydrogens is 374 g/mol. The van der Waals surface area contributed by atoms with Gasteiger partial charge in [0.2, 0.25) is 17.6 Å². The smallest absolute Gasteiger partial charge is 0.232 e. The van der Waals surface area contributed by atoms with E-state index in [-0.39, 0.29) is 23.2 Å². The fourth-order valence-electron chi connectivity index (χ4n) is 3.97. The second-order valence-corrected chi connectivity index (χ2v) is 9.30. The zero-order chi connectivity index (χ0) is 21.3. The van der Waals surface area contributed by atoms with Gasteiger partial charge in [-0.05, 0) is 22.5 Å². The second-order valence-electron chi connectivity index (χ2n) is 9.30. The van der Waals surface area contributed by atoms with E-state index in [4.69, 9.17) is 4.52 Å². The van der Waals surface area contributed by atoms with Crippen molar-refractivity contribution in [3.8, 4) is 11.4 Å². The summed E-state index contributed by atoms with van der Waals surface area (Å²) in [5, 5.41) is 4.17. The molecule has 2 aromatic carbocycles. The van der Waals surface area contributed by atoms with Crippen LogP contribution in [-0.2, 0) is 10.2 Å². The molecule has 0 bridgehead atoms. The number of hydrogen-bond acceptors (Lipinski definition) is 4. The Morgan fingerprint density at radius 1 is 1.10 bits per heavy atom. The second kappa shape index (κ2) is 8.05. The molecule has 1 fully saturated rings. The first-order chi connectivity index (χ1) is 14.3. The van der Waals surface area contributed by atoms with Crippen molar-refractivity contribution >= 4 is 5.91 Å². The Hall–Kier alpha value is -2.95. The van der Waals surface area contributed by atoms with Gasteiger partial charge in [0.05, 0.1) is 5.92 Å². The normalized spacial score (nSPS) is 18.1. The Bertz CT molecular complexity index is 1000. The van der Waals surface area contributed by atoms with Crippen LogP contribution >= 0.6 is 0 Å². The minimum Gasteiger partial charge on any atom is -0.341 e. The van der Waals surface area contributed by atoms with Crippen molar-refractivity contribution in [2.24, 2.45) is 0 Å². The molecule has 5 heteroatoms. The molecule has 2 atom stereocenters. The van der Waals surface area contributed by atoms with Gasteiger partial charge in [-0.1, -0.05) is 87.4 Å². The van der Waals surface area contributed by atoms with E-state index in [1.807, 2.05) is 35.2 Å². The Balaban J connectivity index is 1.43. The highest BCUT2D eigenvalue weighted by atomic mass is 16.5. The lowest BCUT2D eigenvalue weighted by molar-refractivity contribution is -0.127. The molecule has 2 heterocycles. The summed E-state index contributed by atoms with van der Waals surface area (Å²) in [7, 11) is 0. The Morgan fingerprint density at radius 2 is 1.80 bits per heavy atom. The number of hydrogen-bond donors (Lipinski definition) is 0. The average molecular weight is 404 g/mol. The third-order valence-electron chi connectivity index (χ3n) is 5.88. The number of benzene rings is 2. The summed E-state index contributed by atoms with van der Waals surface area (Å²) in [6.45, 7) is 10.1. The molecule has 2 unspecified atom stereocenters. The fraction of sp³-hybridized carbons (Fsp3) is 0.400. The summed E-state index contributed by atoms with van der Waals surface area (Å²) in [6.07, 6.45) is 0.423. The number of amides is 1. The van der Waals surface area contributed by atoms with E-state index in [0.717, 1.165) is 5.56 Å². The van der Waals surface area contributed by atoms with Gasteiger partial charge in [-0.3, -0.25) is 4.79 Å². The first-order valence-corrected chi connectivity index (χ1v) is 10.6. The molecule has 4 rings (SSSR count). The van der Waals surface area contributed by atoms with Crippen molar-refractivity contribution in [3.05, 3.63) is 71.6 Å². The summed E-state index contributed by atoms with van der Waals surface area (Å²) in [5.74, 6) is 1.52. The maximum atomic E-state index is 12.6. The highest BCUT2D eigenvalue weighted by Crippen LogP contribution is 2.31. The summed E-state index contributed by atoms with van der Waals surface area (Å²) in [5.41, 5.74) is 3.54. The summed E-state index contributed by atoms with van der Waals surface area (Å²) in [4.78, 5) is 19.1. The molecule has 1 aliphatic heterocycles. The molecule has 0 N–H and O–H groups in total. The van der Waals surface area contributed by atoms with Gasteiger partial charge < -0.3 is 9.42 Å². The molecule has 1 amide bonds. The van der Waals surface area contributed by atoms with Crippen LogP contribution in [0.4, 0.5) is 0 Å². The molecule has 0 radical (unpaired) electrons. The SMILES string of the molecule is CC(CN1CC(c2nc(-c3ccc(C(C)(C)C)cc3)no2)CC1=O)c1ccccc1. The lowest BCUT2D eigenvalue weighted by Crippen LogP contribution is -2.29. The van der Waals surface area contributed by atoms with Crippen molar-refractivity contribution in [1.82, 2.24) is 15.0 Å². The van der Waals surface area contributed by atoms with Crippen LogP contribution in [0.3, 0.4) is 0 Å². The molecule has 30 heavy (non-hydrogen) atoms. The summed E-state index contributed by atoms with van der Waals surface area (Å²) >= 11 is 0. The van der Waals surface area contributed by atoms with Crippen molar-refractivity contribution in [2.75, 3.05) is 13.1 Å². The van der Waals surface area contributed by atoms with Crippen LogP contribution in [-0.4, -0.2) is 34.0 Å². The van der Waals surface area contributed by atoms with Crippen molar-refractivity contribution in [1.29, 1.82) is 0 Å². The average Bonchev–Trinajstić information content (AvgIpc) is 3.35. The quantitative estimate of drug-likeness (QED) is 0.591. The molecule has 1 aliphatic rings. The van der Waals surface area contributed by atoms with Gasteiger partial charge in [0, 0.05) is 25.1 Å². The van der Waals surface area contributed by atoms with Gasteiger partial charge in [0.25, 0.3) is 0 Å². The number of likely N-dealkylation sites (tertiary alicyclic amines) is 1. The number of carbonyl (C=O) groups is 1. The maximum absolute atomic E-state index is 12.6. The van der Waals surface area contributed by atoms with Gasteiger partial charge >= 0.3 is 0 Å². The predicted molar refractivity (Wildman–Crippen MR) is 117 cm³/mol. The first kappa shape index (κ1) is 20.3. The molecule has 0 saturated carbocycles. The maximum Gasteiger partial charge on any atom is 0.232 e. The molecule has 156 valence electrons. The highest BCUT2D eigenvalue weighted by Gasteiger charge is 2.35. The number of aromatic nitrogens is 2. The number of carbonyl (C=O) groups excluding carboxylic acids is 1. The van der Waals surface area contributed by atoms with Crippen LogP contribution in [0.2, 0.25) is 0 Å². The molecule has 5 nitrogen and oxygen atoms in total. The third kappa shape index (κ3) is 4.30. The minimum atomic E-state index is -0.0458. The molecule has 1 aromatic heterocycles.